The van der Waals surface area contributed by atoms with E-state index in [9.17, 15) is 14.0 Å². The van der Waals surface area contributed by atoms with E-state index < -0.39 is 17.0 Å². The number of fused-ring (bicyclic) bond motifs is 1. The number of amides is 2. The highest BCUT2D eigenvalue weighted by molar-refractivity contribution is 8.01. The van der Waals surface area contributed by atoms with E-state index in [1.165, 1.54) is 23.9 Å². The van der Waals surface area contributed by atoms with E-state index >= 15 is 0 Å². The van der Waals surface area contributed by atoms with Gasteiger partial charge in [-0.1, -0.05) is 54.9 Å². The average molecular weight is 499 g/mol. The number of benzene rings is 3. The Hall–Kier alpha value is -3.03. The van der Waals surface area contributed by atoms with E-state index in [2.05, 4.69) is 5.32 Å². The zero-order chi connectivity index (χ0) is 24.2. The predicted molar refractivity (Wildman–Crippen MR) is 133 cm³/mol. The molecule has 2 atom stereocenters. The molecule has 4 rings (SSSR count). The predicted octanol–water partition coefficient (Wildman–Crippen LogP) is 5.45. The molecule has 1 heterocycles. The number of halogens is 2. The molecule has 0 spiro atoms. The topological polar surface area (TPSA) is 58.6 Å². The van der Waals surface area contributed by atoms with Crippen LogP contribution in [0.5, 0.6) is 5.75 Å². The zero-order valence-electron chi connectivity index (χ0n) is 18.8. The van der Waals surface area contributed by atoms with Crippen molar-refractivity contribution < 1.29 is 18.7 Å². The van der Waals surface area contributed by atoms with Crippen LogP contribution < -0.4 is 15.0 Å². The van der Waals surface area contributed by atoms with Gasteiger partial charge in [0.2, 0.25) is 11.8 Å². The smallest absolute Gasteiger partial charge is 0.241 e. The van der Waals surface area contributed by atoms with Crippen molar-refractivity contribution in [2.45, 2.75) is 30.2 Å². The van der Waals surface area contributed by atoms with Gasteiger partial charge in [-0.25, -0.2) is 4.39 Å². The number of nitrogens with one attached hydrogen (secondary N) is 1. The maximum Gasteiger partial charge on any atom is 0.241 e. The Balaban J connectivity index is 1.54. The van der Waals surface area contributed by atoms with Gasteiger partial charge in [-0.15, -0.1) is 11.8 Å². The van der Waals surface area contributed by atoms with Crippen molar-refractivity contribution >= 4 is 40.9 Å². The molecule has 0 saturated carbocycles. The lowest BCUT2D eigenvalue weighted by molar-refractivity contribution is -0.128. The third-order valence-corrected chi connectivity index (χ3v) is 7.59. The van der Waals surface area contributed by atoms with Gasteiger partial charge in [-0.05, 0) is 35.9 Å². The van der Waals surface area contributed by atoms with Crippen LogP contribution in [0.25, 0.3) is 0 Å². The number of hydrogen-bond donors (Lipinski definition) is 1. The first-order valence-electron chi connectivity index (χ1n) is 10.8. The van der Waals surface area contributed by atoms with Crippen LogP contribution in [0.2, 0.25) is 5.02 Å². The second kappa shape index (κ2) is 10.5. The first-order valence-corrected chi connectivity index (χ1v) is 12.1. The number of para-hydroxylation sites is 2. The van der Waals surface area contributed by atoms with Crippen molar-refractivity contribution in [2.24, 2.45) is 5.92 Å². The summed E-state index contributed by atoms with van der Waals surface area (Å²) in [6.07, 6.45) is 0. The minimum Gasteiger partial charge on any atom is -0.496 e. The minimum atomic E-state index is -0.619. The maximum atomic E-state index is 13.6. The van der Waals surface area contributed by atoms with Crippen LogP contribution in [-0.2, 0) is 22.7 Å². The summed E-state index contributed by atoms with van der Waals surface area (Å²) in [6, 6.07) is 19.1. The largest absolute Gasteiger partial charge is 0.496 e. The fraction of sp³-hybridized carbons (Fsp3) is 0.231. The summed E-state index contributed by atoms with van der Waals surface area (Å²) in [5.41, 5.74) is 2.23. The summed E-state index contributed by atoms with van der Waals surface area (Å²) in [4.78, 5) is 29.1. The molecule has 8 heteroatoms. The van der Waals surface area contributed by atoms with Crippen molar-refractivity contribution in [3.63, 3.8) is 0 Å². The zero-order valence-corrected chi connectivity index (χ0v) is 20.3. The van der Waals surface area contributed by atoms with Crippen LogP contribution in [0.3, 0.4) is 0 Å². The van der Waals surface area contributed by atoms with Crippen molar-refractivity contribution in [1.82, 2.24) is 5.32 Å². The second-order valence-corrected chi connectivity index (χ2v) is 9.58. The number of nitrogens with zero attached hydrogens (tertiary/aromatic N) is 1. The molecule has 1 N–H and O–H groups in total. The summed E-state index contributed by atoms with van der Waals surface area (Å²) < 4.78 is 18.9. The third-order valence-electron chi connectivity index (χ3n) is 5.78. The first kappa shape index (κ1) is 24.1. The quantitative estimate of drug-likeness (QED) is 0.470. The van der Waals surface area contributed by atoms with Gasteiger partial charge in [0.1, 0.15) is 16.8 Å². The second-order valence-electron chi connectivity index (χ2n) is 7.98. The monoisotopic (exact) mass is 498 g/mol. The molecular weight excluding hydrogens is 475 g/mol. The molecule has 34 heavy (non-hydrogen) atoms. The number of ether oxygens (including phenoxy) is 1. The summed E-state index contributed by atoms with van der Waals surface area (Å²) in [7, 11) is 1.58. The lowest BCUT2D eigenvalue weighted by atomic mass is 10.0. The first-order chi connectivity index (χ1) is 16.4. The molecule has 0 saturated heterocycles. The molecule has 0 bridgehead atoms. The molecule has 1 aliphatic heterocycles. The van der Waals surface area contributed by atoms with E-state index in [-0.39, 0.29) is 23.4 Å². The highest BCUT2D eigenvalue weighted by Crippen LogP contribution is 2.42. The lowest BCUT2D eigenvalue weighted by Gasteiger charge is -2.36. The number of anilines is 1. The number of rotatable bonds is 7. The number of thioether (sulfide) groups is 1. The molecule has 0 unspecified atom stereocenters. The van der Waals surface area contributed by atoms with Crippen molar-refractivity contribution in [3.05, 3.63) is 88.7 Å². The molecular formula is C26H24ClFN2O3S. The highest BCUT2D eigenvalue weighted by Gasteiger charge is 2.39. The van der Waals surface area contributed by atoms with Crippen LogP contribution in [0.1, 0.15) is 18.1 Å². The number of hydrogen-bond acceptors (Lipinski definition) is 4. The molecule has 1 aliphatic rings. The standard InChI is InChI=1S/C26H24ClFN2O3S/c1-16(25(31)29-14-17-7-3-5-9-22(17)33-2)24-26(32)30(21-8-4-6-10-23(21)34-24)15-18-11-12-19(28)13-20(18)27/h3-13,16,24H,14-15H2,1-2H3,(H,29,31)/t16-,24-/m1/s1. The number of carbonyl (C=O) groups is 2. The molecule has 0 aliphatic carbocycles. The van der Waals surface area contributed by atoms with Gasteiger partial charge in [0.25, 0.3) is 0 Å². The lowest BCUT2D eigenvalue weighted by Crippen LogP contribution is -2.47. The number of carbonyl (C=O) groups excluding carboxylic acids is 2. The number of methoxy groups -OCH3 is 1. The Morgan fingerprint density at radius 1 is 1.15 bits per heavy atom. The van der Waals surface area contributed by atoms with Gasteiger partial charge in [0.15, 0.2) is 0 Å². The van der Waals surface area contributed by atoms with E-state index in [0.717, 1.165) is 16.1 Å². The normalized spacial score (nSPS) is 16.1. The van der Waals surface area contributed by atoms with Crippen LogP contribution in [0, 0.1) is 11.7 Å². The van der Waals surface area contributed by atoms with Crippen LogP contribution in [0.15, 0.2) is 71.6 Å². The SMILES string of the molecule is COc1ccccc1CNC(=O)[C@H](C)[C@H]1Sc2ccccc2N(Cc2ccc(F)cc2Cl)C1=O. The van der Waals surface area contributed by atoms with Gasteiger partial charge in [-0.3, -0.25) is 9.59 Å². The van der Waals surface area contributed by atoms with Crippen molar-refractivity contribution in [1.29, 1.82) is 0 Å². The molecule has 3 aromatic carbocycles. The summed E-state index contributed by atoms with van der Waals surface area (Å²) >= 11 is 7.62. The maximum absolute atomic E-state index is 13.6. The molecule has 176 valence electrons. The van der Waals surface area contributed by atoms with Crippen LogP contribution >= 0.6 is 23.4 Å². The van der Waals surface area contributed by atoms with Crippen LogP contribution in [0.4, 0.5) is 10.1 Å². The Morgan fingerprint density at radius 2 is 1.88 bits per heavy atom. The fourth-order valence-electron chi connectivity index (χ4n) is 3.87. The summed E-state index contributed by atoms with van der Waals surface area (Å²) in [6.45, 7) is 2.23. The van der Waals surface area contributed by atoms with Crippen molar-refractivity contribution in [2.75, 3.05) is 12.0 Å². The van der Waals surface area contributed by atoms with E-state index in [1.807, 2.05) is 48.5 Å². The molecule has 0 fully saturated rings. The Labute approximate surface area is 207 Å². The Kier molecular flexibility index (Phi) is 7.44. The Bertz CT molecular complexity index is 1220. The molecule has 5 nitrogen and oxygen atoms in total. The van der Waals surface area contributed by atoms with Crippen molar-refractivity contribution in [3.8, 4) is 5.75 Å². The van der Waals surface area contributed by atoms with Gasteiger partial charge in [0.05, 0.1) is 25.3 Å². The molecule has 3 aromatic rings. The van der Waals surface area contributed by atoms with E-state index in [1.54, 1.807) is 25.0 Å². The minimum absolute atomic E-state index is 0.182. The molecule has 2 amide bonds. The van der Waals surface area contributed by atoms with Gasteiger partial charge >= 0.3 is 0 Å². The average Bonchev–Trinajstić information content (AvgIpc) is 2.85. The fourth-order valence-corrected chi connectivity index (χ4v) is 5.38. The van der Waals surface area contributed by atoms with Gasteiger partial charge in [-0.2, -0.15) is 0 Å². The molecule has 0 aromatic heterocycles. The highest BCUT2D eigenvalue weighted by atomic mass is 35.5. The van der Waals surface area contributed by atoms with E-state index in [0.29, 0.717) is 17.9 Å². The summed E-state index contributed by atoms with van der Waals surface area (Å²) in [5.74, 6) is -0.755. The van der Waals surface area contributed by atoms with Gasteiger partial charge in [0, 0.05) is 22.0 Å². The van der Waals surface area contributed by atoms with E-state index in [4.69, 9.17) is 16.3 Å². The Morgan fingerprint density at radius 3 is 2.65 bits per heavy atom. The molecule has 0 radical (unpaired) electrons. The van der Waals surface area contributed by atoms with Gasteiger partial charge < -0.3 is 15.0 Å². The van der Waals surface area contributed by atoms with Crippen LogP contribution in [-0.4, -0.2) is 24.2 Å². The summed E-state index contributed by atoms with van der Waals surface area (Å²) in [5, 5.41) is 2.56. The third kappa shape index (κ3) is 5.05.